The standard InChI is InChI=1S/C59H55N3O/c1-38(2)49-36-51(41-20-13-10-14-21-41)54(37-50(49)40-18-11-9-12-19-40)62-53-24-17-23-47(56(53)61-57(62)48-22-15-16-25-55(48)63)43-32-44(34-46(33-43)59(6,7)8)52-35-42(30-31-60-52)39-26-28-45(29-27-39)58(3,4)5/h9-38,63H,1-8H3/i3D3,4D3,5D3,38D. The summed E-state index contributed by atoms with van der Waals surface area (Å²) >= 11 is 0. The summed E-state index contributed by atoms with van der Waals surface area (Å²) in [6.45, 7) is 0.106. The minimum atomic E-state index is -3.37. The zero-order valence-electron chi connectivity index (χ0n) is 46.0. The average Bonchev–Trinajstić information content (AvgIpc) is 3.72. The van der Waals surface area contributed by atoms with Crippen LogP contribution >= 0.6 is 0 Å². The third kappa shape index (κ3) is 8.10. The maximum Gasteiger partial charge on any atom is 0.149 e. The molecule has 0 unspecified atom stereocenters. The summed E-state index contributed by atoms with van der Waals surface area (Å²) in [5, 5.41) is 11.6. The van der Waals surface area contributed by atoms with E-state index < -0.39 is 31.9 Å². The molecule has 4 heteroatoms. The third-order valence-corrected chi connectivity index (χ3v) is 11.7. The van der Waals surface area contributed by atoms with Crippen LogP contribution in [0.25, 0.3) is 83.9 Å². The third-order valence-electron chi connectivity index (χ3n) is 11.7. The van der Waals surface area contributed by atoms with E-state index >= 15 is 0 Å². The van der Waals surface area contributed by atoms with Gasteiger partial charge in [0.1, 0.15) is 11.6 Å². The van der Waals surface area contributed by atoms with Crippen LogP contribution in [-0.4, -0.2) is 19.6 Å². The van der Waals surface area contributed by atoms with Crippen molar-refractivity contribution in [3.63, 3.8) is 0 Å². The molecule has 0 spiro atoms. The lowest BCUT2D eigenvalue weighted by molar-refractivity contribution is 0.477. The number of hydrogen-bond donors (Lipinski definition) is 1. The molecule has 0 saturated carbocycles. The molecule has 0 radical (unpaired) electrons. The lowest BCUT2D eigenvalue weighted by Gasteiger charge is -2.22. The Bertz CT molecular complexity index is 3460. The van der Waals surface area contributed by atoms with Crippen LogP contribution < -0.4 is 0 Å². The quantitative estimate of drug-likeness (QED) is 0.166. The van der Waals surface area contributed by atoms with Crippen molar-refractivity contribution >= 4 is 11.0 Å². The van der Waals surface area contributed by atoms with Crippen molar-refractivity contribution in [1.29, 1.82) is 0 Å². The van der Waals surface area contributed by atoms with Crippen molar-refractivity contribution in [3.05, 3.63) is 193 Å². The topological polar surface area (TPSA) is 50.9 Å². The molecule has 0 aliphatic rings. The number of benzene rings is 7. The highest BCUT2D eigenvalue weighted by Gasteiger charge is 2.25. The zero-order chi connectivity index (χ0) is 52.5. The number of phenols is 1. The highest BCUT2D eigenvalue weighted by Crippen LogP contribution is 2.44. The fourth-order valence-corrected chi connectivity index (χ4v) is 8.36. The lowest BCUT2D eigenvalue weighted by Crippen LogP contribution is -2.11. The van der Waals surface area contributed by atoms with Gasteiger partial charge in [-0.05, 0) is 121 Å². The Kier molecular flexibility index (Phi) is 8.02. The number of aromatic hydroxyl groups is 1. The molecule has 4 nitrogen and oxygen atoms in total. The smallest absolute Gasteiger partial charge is 0.149 e. The van der Waals surface area contributed by atoms with Gasteiger partial charge in [-0.3, -0.25) is 9.55 Å². The predicted molar refractivity (Wildman–Crippen MR) is 265 cm³/mol. The van der Waals surface area contributed by atoms with Crippen LogP contribution in [0.5, 0.6) is 5.75 Å². The summed E-state index contributed by atoms with van der Waals surface area (Å²) in [7, 11) is 0. The molecule has 0 amide bonds. The summed E-state index contributed by atoms with van der Waals surface area (Å²) in [4.78, 5) is 10.3. The minimum Gasteiger partial charge on any atom is -0.507 e. The van der Waals surface area contributed by atoms with Crippen LogP contribution in [0.3, 0.4) is 0 Å². The van der Waals surface area contributed by atoms with Crippen LogP contribution in [0.4, 0.5) is 0 Å². The van der Waals surface area contributed by atoms with Crippen molar-refractivity contribution in [2.45, 2.75) is 71.9 Å². The molecule has 1 N–H and O–H groups in total. The SMILES string of the molecule is [2H]C(C)(C)c1cc(-c2ccccc2)c(-n2c(-c3ccccc3O)nc3c(-c4cc(-c5cc(-c6ccc(C(C([2H])([2H])[2H])(C([2H])([2H])[2H])C([2H])([2H])[2H])cc6)ccn5)cc(C(C)(C)C)c4)cccc32)cc1-c1ccccc1. The van der Waals surface area contributed by atoms with Gasteiger partial charge in [-0.15, -0.1) is 0 Å². The summed E-state index contributed by atoms with van der Waals surface area (Å²) in [6, 6.07) is 53.5. The summed E-state index contributed by atoms with van der Waals surface area (Å²) in [6.07, 6.45) is 1.67. The van der Waals surface area contributed by atoms with E-state index in [1.807, 2.05) is 86.6 Å². The molecule has 0 fully saturated rings. The number of hydrogen-bond acceptors (Lipinski definition) is 3. The first-order valence-corrected chi connectivity index (χ1v) is 21.1. The Morgan fingerprint density at radius 3 is 1.86 bits per heavy atom. The highest BCUT2D eigenvalue weighted by atomic mass is 16.3. The molecule has 2 aromatic heterocycles. The normalized spacial score (nSPS) is 15.1. The average molecular weight is 832 g/mol. The number of pyridine rings is 1. The van der Waals surface area contributed by atoms with Gasteiger partial charge in [-0.2, -0.15) is 0 Å². The molecule has 0 bridgehead atoms. The molecule has 0 atom stereocenters. The van der Waals surface area contributed by atoms with Gasteiger partial charge in [0.05, 0.1) is 28.0 Å². The lowest BCUT2D eigenvalue weighted by atomic mass is 9.83. The number of para-hydroxylation sites is 2. The van der Waals surface area contributed by atoms with Crippen molar-refractivity contribution in [2.24, 2.45) is 0 Å². The van der Waals surface area contributed by atoms with Crippen molar-refractivity contribution < 1.29 is 18.8 Å². The van der Waals surface area contributed by atoms with E-state index in [0.29, 0.717) is 33.7 Å². The van der Waals surface area contributed by atoms with Crippen LogP contribution in [0, 0.1) is 0 Å². The fourth-order valence-electron chi connectivity index (χ4n) is 8.36. The maximum atomic E-state index is 11.6. The molecule has 0 aliphatic heterocycles. The minimum absolute atomic E-state index is 0.0674. The molecular formula is C59H55N3O. The highest BCUT2D eigenvalue weighted by molar-refractivity contribution is 5.98. The first-order valence-electron chi connectivity index (χ1n) is 26.1. The van der Waals surface area contributed by atoms with E-state index in [-0.39, 0.29) is 16.7 Å². The molecule has 312 valence electrons. The van der Waals surface area contributed by atoms with Crippen molar-refractivity contribution in [1.82, 2.24) is 14.5 Å². The number of rotatable bonds is 8. The van der Waals surface area contributed by atoms with Crippen LogP contribution in [0.1, 0.15) is 91.5 Å². The molecule has 2 heterocycles. The second-order valence-electron chi connectivity index (χ2n) is 17.4. The molecule has 63 heavy (non-hydrogen) atoms. The summed E-state index contributed by atoms with van der Waals surface area (Å²) in [5.41, 5.74) is 9.09. The van der Waals surface area contributed by atoms with Gasteiger partial charge in [0.25, 0.3) is 0 Å². The second-order valence-corrected chi connectivity index (χ2v) is 17.4. The fraction of sp³-hybridized carbons (Fsp3) is 0.186. The molecular weight excluding hydrogens is 767 g/mol. The van der Waals surface area contributed by atoms with E-state index in [2.05, 4.69) is 79.9 Å². The van der Waals surface area contributed by atoms with Gasteiger partial charge < -0.3 is 5.11 Å². The first kappa shape index (κ1) is 30.9. The van der Waals surface area contributed by atoms with Crippen LogP contribution in [0.15, 0.2) is 176 Å². The summed E-state index contributed by atoms with van der Waals surface area (Å²) in [5.74, 6) is -0.377. The molecule has 7 aromatic carbocycles. The molecule has 9 rings (SSSR count). The van der Waals surface area contributed by atoms with Gasteiger partial charge in [-0.25, -0.2) is 4.98 Å². The van der Waals surface area contributed by atoms with Crippen LogP contribution in [0.2, 0.25) is 0 Å². The van der Waals surface area contributed by atoms with Crippen molar-refractivity contribution in [2.75, 3.05) is 0 Å². The maximum absolute atomic E-state index is 11.6. The molecule has 0 saturated heterocycles. The van der Waals surface area contributed by atoms with Gasteiger partial charge in [-0.1, -0.05) is 170 Å². The zero-order valence-corrected chi connectivity index (χ0v) is 36.0. The van der Waals surface area contributed by atoms with E-state index in [0.717, 1.165) is 61.3 Å². The Morgan fingerprint density at radius 1 is 0.540 bits per heavy atom. The number of phenolic OH excluding ortho intramolecular Hbond substituents is 1. The van der Waals surface area contributed by atoms with Crippen LogP contribution in [-0.2, 0) is 10.8 Å². The van der Waals surface area contributed by atoms with E-state index in [1.54, 1.807) is 36.5 Å². The van der Waals surface area contributed by atoms with E-state index in [9.17, 15) is 6.48 Å². The van der Waals surface area contributed by atoms with Gasteiger partial charge in [0, 0.05) is 36.6 Å². The Labute approximate surface area is 386 Å². The number of fused-ring (bicyclic) bond motifs is 1. The Balaban J connectivity index is 1.26. The first-order chi connectivity index (χ1) is 34.3. The molecule has 9 aromatic rings. The Morgan fingerprint density at radius 2 is 1.19 bits per heavy atom. The molecule has 0 aliphatic carbocycles. The number of imidazole rings is 1. The number of aromatic nitrogens is 3. The monoisotopic (exact) mass is 831 g/mol. The largest absolute Gasteiger partial charge is 0.507 e. The van der Waals surface area contributed by atoms with E-state index in [1.165, 1.54) is 12.1 Å². The Hall–Kier alpha value is -7.04. The second kappa shape index (κ2) is 16.3. The van der Waals surface area contributed by atoms with Gasteiger partial charge >= 0.3 is 0 Å². The van der Waals surface area contributed by atoms with E-state index in [4.69, 9.17) is 22.3 Å². The summed E-state index contributed by atoms with van der Waals surface area (Å²) < 4.78 is 85.3. The van der Waals surface area contributed by atoms with Crippen molar-refractivity contribution in [3.8, 4) is 78.6 Å². The van der Waals surface area contributed by atoms with Gasteiger partial charge in [0.2, 0.25) is 0 Å². The predicted octanol–water partition coefficient (Wildman–Crippen LogP) is 15.8. The number of nitrogens with zero attached hydrogens (tertiary/aromatic N) is 3. The van der Waals surface area contributed by atoms with Gasteiger partial charge in [0.15, 0.2) is 0 Å².